The van der Waals surface area contributed by atoms with Crippen LogP contribution in [-0.2, 0) is 6.54 Å². The van der Waals surface area contributed by atoms with Gasteiger partial charge < -0.3 is 14.7 Å². The van der Waals surface area contributed by atoms with Gasteiger partial charge in [-0.15, -0.1) is 0 Å². The van der Waals surface area contributed by atoms with Crippen molar-refractivity contribution in [2.45, 2.75) is 13.5 Å². The topological polar surface area (TPSA) is 62.7 Å². The number of carbonyl (C=O) groups is 1. The lowest BCUT2D eigenvalue weighted by Gasteiger charge is -2.18. The zero-order chi connectivity index (χ0) is 15.2. The summed E-state index contributed by atoms with van der Waals surface area (Å²) in [5.74, 6) is 0.449. The van der Waals surface area contributed by atoms with Crippen LogP contribution in [0.1, 0.15) is 23.0 Å². The molecular weight excluding hydrogens is 268 g/mol. The van der Waals surface area contributed by atoms with Gasteiger partial charge in [0.2, 0.25) is 0 Å². The minimum Gasteiger partial charge on any atom is -0.494 e. The summed E-state index contributed by atoms with van der Waals surface area (Å²) in [4.78, 5) is 17.0. The van der Waals surface area contributed by atoms with E-state index in [-0.39, 0.29) is 5.69 Å². The number of aromatic carboxylic acids is 1. The van der Waals surface area contributed by atoms with E-state index in [0.29, 0.717) is 19.0 Å². The molecule has 110 valence electrons. The van der Waals surface area contributed by atoms with Crippen LogP contribution in [0, 0.1) is 0 Å². The van der Waals surface area contributed by atoms with Crippen LogP contribution in [0.5, 0.6) is 5.75 Å². The molecule has 0 amide bonds. The Balaban J connectivity index is 2.08. The van der Waals surface area contributed by atoms with Crippen molar-refractivity contribution in [1.82, 2.24) is 4.98 Å². The standard InChI is InChI=1S/C16H18N2O3/c1-3-21-13-9-7-12(8-10-13)11-18(2)15-6-4-5-14(17-15)16(19)20/h4-10H,3,11H2,1-2H3,(H,19,20). The van der Waals surface area contributed by atoms with Crippen LogP contribution in [0.25, 0.3) is 0 Å². The molecule has 0 unspecified atom stereocenters. The average molecular weight is 286 g/mol. The lowest BCUT2D eigenvalue weighted by Crippen LogP contribution is -2.18. The van der Waals surface area contributed by atoms with Crippen LogP contribution >= 0.6 is 0 Å². The number of rotatable bonds is 6. The zero-order valence-corrected chi connectivity index (χ0v) is 12.1. The first-order chi connectivity index (χ1) is 10.1. The summed E-state index contributed by atoms with van der Waals surface area (Å²) < 4.78 is 5.40. The van der Waals surface area contributed by atoms with E-state index >= 15 is 0 Å². The summed E-state index contributed by atoms with van der Waals surface area (Å²) in [6.07, 6.45) is 0. The minimum atomic E-state index is -1.02. The van der Waals surface area contributed by atoms with Crippen molar-refractivity contribution in [3.63, 3.8) is 0 Å². The second-order valence-corrected chi connectivity index (χ2v) is 4.62. The van der Waals surface area contributed by atoms with Crippen LogP contribution in [0.4, 0.5) is 5.82 Å². The summed E-state index contributed by atoms with van der Waals surface area (Å²) >= 11 is 0. The second kappa shape index (κ2) is 6.74. The lowest BCUT2D eigenvalue weighted by molar-refractivity contribution is 0.0690. The molecule has 0 bridgehead atoms. The fourth-order valence-electron chi connectivity index (χ4n) is 1.97. The third-order valence-electron chi connectivity index (χ3n) is 3.00. The molecule has 0 fully saturated rings. The summed E-state index contributed by atoms with van der Waals surface area (Å²) in [6, 6.07) is 12.8. The van der Waals surface area contributed by atoms with E-state index in [9.17, 15) is 4.79 Å². The molecule has 0 aliphatic carbocycles. The molecular formula is C16H18N2O3. The van der Waals surface area contributed by atoms with Crippen molar-refractivity contribution in [2.75, 3.05) is 18.6 Å². The normalized spacial score (nSPS) is 10.2. The summed E-state index contributed by atoms with van der Waals surface area (Å²) in [5.41, 5.74) is 1.15. The average Bonchev–Trinajstić information content (AvgIpc) is 2.49. The molecule has 0 saturated heterocycles. The molecule has 5 heteroatoms. The fourth-order valence-corrected chi connectivity index (χ4v) is 1.97. The van der Waals surface area contributed by atoms with Gasteiger partial charge in [-0.25, -0.2) is 9.78 Å². The molecule has 1 aromatic heterocycles. The van der Waals surface area contributed by atoms with E-state index in [2.05, 4.69) is 4.98 Å². The van der Waals surface area contributed by atoms with Crippen molar-refractivity contribution in [1.29, 1.82) is 0 Å². The molecule has 5 nitrogen and oxygen atoms in total. The smallest absolute Gasteiger partial charge is 0.354 e. The quantitative estimate of drug-likeness (QED) is 0.884. The van der Waals surface area contributed by atoms with Crippen LogP contribution in [-0.4, -0.2) is 29.7 Å². The van der Waals surface area contributed by atoms with Crippen molar-refractivity contribution < 1.29 is 14.6 Å². The van der Waals surface area contributed by atoms with E-state index in [1.807, 2.05) is 43.1 Å². The number of ether oxygens (including phenoxy) is 1. The molecule has 21 heavy (non-hydrogen) atoms. The number of carboxylic acids is 1. The number of nitrogens with zero attached hydrogens (tertiary/aromatic N) is 2. The van der Waals surface area contributed by atoms with Gasteiger partial charge >= 0.3 is 5.97 Å². The fraction of sp³-hybridized carbons (Fsp3) is 0.250. The van der Waals surface area contributed by atoms with Gasteiger partial charge in [0.15, 0.2) is 5.69 Å². The number of pyridine rings is 1. The molecule has 0 atom stereocenters. The number of benzene rings is 1. The first kappa shape index (κ1) is 14.8. The highest BCUT2D eigenvalue weighted by Gasteiger charge is 2.08. The third-order valence-corrected chi connectivity index (χ3v) is 3.00. The molecule has 0 saturated carbocycles. The molecule has 0 aliphatic heterocycles. The molecule has 0 spiro atoms. The second-order valence-electron chi connectivity index (χ2n) is 4.62. The number of carboxylic acid groups (broad SMARTS) is 1. The van der Waals surface area contributed by atoms with E-state index in [0.717, 1.165) is 11.3 Å². The van der Waals surface area contributed by atoms with Crippen LogP contribution in [0.2, 0.25) is 0 Å². The monoisotopic (exact) mass is 286 g/mol. The van der Waals surface area contributed by atoms with E-state index in [1.54, 1.807) is 12.1 Å². The Hall–Kier alpha value is -2.56. The van der Waals surface area contributed by atoms with Gasteiger partial charge in [-0.05, 0) is 36.8 Å². The van der Waals surface area contributed by atoms with E-state index < -0.39 is 5.97 Å². The van der Waals surface area contributed by atoms with Crippen LogP contribution in [0.15, 0.2) is 42.5 Å². The summed E-state index contributed by atoms with van der Waals surface area (Å²) in [5, 5.41) is 8.97. The van der Waals surface area contributed by atoms with Crippen LogP contribution < -0.4 is 9.64 Å². The zero-order valence-electron chi connectivity index (χ0n) is 12.1. The van der Waals surface area contributed by atoms with Crippen molar-refractivity contribution >= 4 is 11.8 Å². The predicted molar refractivity (Wildman–Crippen MR) is 80.9 cm³/mol. The van der Waals surface area contributed by atoms with E-state index in [1.165, 1.54) is 6.07 Å². The van der Waals surface area contributed by atoms with Crippen LogP contribution in [0.3, 0.4) is 0 Å². The van der Waals surface area contributed by atoms with Gasteiger partial charge in [-0.1, -0.05) is 18.2 Å². The lowest BCUT2D eigenvalue weighted by atomic mass is 10.2. The van der Waals surface area contributed by atoms with Crippen molar-refractivity contribution in [3.8, 4) is 5.75 Å². The molecule has 1 N–H and O–H groups in total. The molecule has 2 aromatic rings. The number of aromatic nitrogens is 1. The Bertz CT molecular complexity index is 611. The molecule has 1 heterocycles. The minimum absolute atomic E-state index is 0.0473. The maximum atomic E-state index is 10.9. The summed E-state index contributed by atoms with van der Waals surface area (Å²) in [7, 11) is 1.88. The number of anilines is 1. The SMILES string of the molecule is CCOc1ccc(CN(C)c2cccc(C(=O)O)n2)cc1. The molecule has 0 aliphatic rings. The highest BCUT2D eigenvalue weighted by molar-refractivity contribution is 5.85. The maximum Gasteiger partial charge on any atom is 0.354 e. The molecule has 2 rings (SSSR count). The highest BCUT2D eigenvalue weighted by Crippen LogP contribution is 2.16. The summed E-state index contributed by atoms with van der Waals surface area (Å²) in [6.45, 7) is 3.23. The predicted octanol–water partition coefficient (Wildman–Crippen LogP) is 2.81. The van der Waals surface area contributed by atoms with Gasteiger partial charge in [0.25, 0.3) is 0 Å². The Morgan fingerprint density at radius 3 is 2.57 bits per heavy atom. The molecule has 1 aromatic carbocycles. The van der Waals surface area contributed by atoms with Gasteiger partial charge in [0, 0.05) is 13.6 Å². The Labute approximate surface area is 123 Å². The van der Waals surface area contributed by atoms with E-state index in [4.69, 9.17) is 9.84 Å². The largest absolute Gasteiger partial charge is 0.494 e. The first-order valence-electron chi connectivity index (χ1n) is 6.73. The van der Waals surface area contributed by atoms with Crippen molar-refractivity contribution in [2.24, 2.45) is 0 Å². The first-order valence-corrected chi connectivity index (χ1v) is 6.73. The van der Waals surface area contributed by atoms with Gasteiger partial charge in [-0.2, -0.15) is 0 Å². The molecule has 0 radical (unpaired) electrons. The van der Waals surface area contributed by atoms with Crippen molar-refractivity contribution in [3.05, 3.63) is 53.7 Å². The Kier molecular flexibility index (Phi) is 4.77. The maximum absolute atomic E-state index is 10.9. The van der Waals surface area contributed by atoms with Gasteiger partial charge in [0.05, 0.1) is 6.61 Å². The Morgan fingerprint density at radius 1 is 1.24 bits per heavy atom. The van der Waals surface area contributed by atoms with Gasteiger partial charge in [-0.3, -0.25) is 0 Å². The number of hydrogen-bond donors (Lipinski definition) is 1. The third kappa shape index (κ3) is 3.95. The van der Waals surface area contributed by atoms with Gasteiger partial charge in [0.1, 0.15) is 11.6 Å². The Morgan fingerprint density at radius 2 is 1.95 bits per heavy atom. The number of hydrogen-bond acceptors (Lipinski definition) is 4. The highest BCUT2D eigenvalue weighted by atomic mass is 16.5.